The van der Waals surface area contributed by atoms with Crippen LogP contribution in [0, 0.1) is 5.92 Å². The van der Waals surface area contributed by atoms with E-state index in [-0.39, 0.29) is 31.0 Å². The van der Waals surface area contributed by atoms with Gasteiger partial charge in [0.25, 0.3) is 0 Å². The smallest absolute Gasteiger partial charge is 0.147 e. The number of benzene rings is 2. The third-order valence-electron chi connectivity index (χ3n) is 6.59. The second-order valence-corrected chi connectivity index (χ2v) is 20.0. The molecule has 1 unspecified atom stereocenters. The average Bonchev–Trinajstić information content (AvgIpc) is 3.06. The molecular weight excluding hydrogens is 435 g/mol. The quantitative estimate of drug-likeness (QED) is 0.398. The van der Waals surface area contributed by atoms with Gasteiger partial charge in [0.05, 0.1) is 0 Å². The van der Waals surface area contributed by atoms with Crippen LogP contribution in [0.15, 0.2) is 69.1 Å². The van der Waals surface area contributed by atoms with Crippen molar-refractivity contribution in [1.29, 1.82) is 0 Å². The number of hydrogen-bond acceptors (Lipinski definition) is 0. The molecule has 2 aliphatic rings. The number of fused-ring (bicyclic) bond motifs is 3. The van der Waals surface area contributed by atoms with Gasteiger partial charge < -0.3 is 0 Å². The Kier molecular flexibility index (Phi) is 7.67. The van der Waals surface area contributed by atoms with Gasteiger partial charge in [-0.25, -0.2) is 0 Å². The van der Waals surface area contributed by atoms with Crippen LogP contribution in [0.4, 0.5) is 0 Å². The van der Waals surface area contributed by atoms with Gasteiger partial charge in [0.2, 0.25) is 0 Å². The maximum absolute atomic E-state index is 2.58. The van der Waals surface area contributed by atoms with Gasteiger partial charge >= 0.3 is 165 Å². The number of allylic oxidation sites excluding steroid dienone is 4. The van der Waals surface area contributed by atoms with Crippen LogP contribution in [0.3, 0.4) is 0 Å². The van der Waals surface area contributed by atoms with Gasteiger partial charge in [-0.15, -0.1) is 24.8 Å². The molecule has 0 aromatic heterocycles. The van der Waals surface area contributed by atoms with Crippen LogP contribution < -0.4 is 0 Å². The molecule has 4 rings (SSSR count). The first-order chi connectivity index (χ1) is 12.4. The Labute approximate surface area is 189 Å². The Morgan fingerprint density at radius 2 is 1.21 bits per heavy atom. The van der Waals surface area contributed by atoms with E-state index in [1.807, 2.05) is 3.88 Å². The number of rotatable bonds is 2. The fraction of sp³-hybridized carbons (Fsp3) is 0.333. The summed E-state index contributed by atoms with van der Waals surface area (Å²) in [7, 11) is 0. The molecule has 0 spiro atoms. The van der Waals surface area contributed by atoms with Crippen molar-refractivity contribution in [2.75, 3.05) is 0 Å². The summed E-state index contributed by atoms with van der Waals surface area (Å²) < 4.78 is 2.56. The van der Waals surface area contributed by atoms with Gasteiger partial charge in [-0.05, 0) is 0 Å². The van der Waals surface area contributed by atoms with Crippen LogP contribution in [0.1, 0.15) is 43.0 Å². The molecule has 0 saturated heterocycles. The molecule has 2 aromatic rings. The normalized spacial score (nSPS) is 17.7. The van der Waals surface area contributed by atoms with Crippen LogP contribution in [0.2, 0.25) is 13.1 Å². The SMILES string of the molecule is CC1=C(C)C(C)[C]([Ti]([CH]2c3ccccc3-c3ccccc32)=[Si](C)C)=C1C.Cl.Cl. The zero-order valence-electron chi connectivity index (χ0n) is 17.6. The minimum Gasteiger partial charge on any atom is -0.147 e. The molecule has 0 aliphatic heterocycles. The van der Waals surface area contributed by atoms with Gasteiger partial charge in [0.15, 0.2) is 0 Å². The second kappa shape index (κ2) is 9.06. The van der Waals surface area contributed by atoms with E-state index in [4.69, 9.17) is 0 Å². The fourth-order valence-corrected chi connectivity index (χ4v) is 18.5. The van der Waals surface area contributed by atoms with Gasteiger partial charge in [-0.3, -0.25) is 0 Å². The Morgan fingerprint density at radius 3 is 1.61 bits per heavy atom. The predicted octanol–water partition coefficient (Wildman–Crippen LogP) is 7.73. The average molecular weight is 465 g/mol. The Hall–Kier alpha value is -0.569. The Bertz CT molecular complexity index is 967. The molecule has 2 aromatic carbocycles. The van der Waals surface area contributed by atoms with Crippen molar-refractivity contribution in [3.63, 3.8) is 0 Å². The predicted molar refractivity (Wildman–Crippen MR) is 126 cm³/mol. The van der Waals surface area contributed by atoms with Crippen LogP contribution in [0.5, 0.6) is 0 Å². The van der Waals surface area contributed by atoms with Gasteiger partial charge in [-0.1, -0.05) is 0 Å². The van der Waals surface area contributed by atoms with E-state index in [0.717, 1.165) is 0 Å². The third-order valence-corrected chi connectivity index (χ3v) is 19.1. The topological polar surface area (TPSA) is 0 Å². The van der Waals surface area contributed by atoms with Gasteiger partial charge in [-0.2, -0.15) is 0 Å². The first-order valence-electron chi connectivity index (χ1n) is 9.68. The van der Waals surface area contributed by atoms with E-state index in [1.165, 1.54) is 11.1 Å². The summed E-state index contributed by atoms with van der Waals surface area (Å²) >= 11 is -1.50. The molecule has 0 bridgehead atoms. The molecule has 0 amide bonds. The maximum atomic E-state index is 2.58. The van der Waals surface area contributed by atoms with E-state index < -0.39 is 16.6 Å². The van der Waals surface area contributed by atoms with E-state index in [0.29, 0.717) is 10.1 Å². The van der Waals surface area contributed by atoms with Gasteiger partial charge in [0, 0.05) is 0 Å². The summed E-state index contributed by atoms with van der Waals surface area (Å²) in [6.45, 7) is 14.7. The standard InChI is InChI=1S/C13H9.C9H13.C2H6Si.2ClH.Ti/c1-3-7-12-10(5-1)9-11-6-2-4-8-13(11)12;1-6-5-7(2)9(4)8(6)3;1-3-2;;;/h1-9H;6H,1-4H3;1-2H3;2*1H;. The molecule has 0 N–H and O–H groups in total. The summed E-state index contributed by atoms with van der Waals surface area (Å²) in [4.78, 5) is 0. The van der Waals surface area contributed by atoms with Crippen molar-refractivity contribution in [1.82, 2.24) is 0 Å². The fourth-order valence-electron chi connectivity index (χ4n) is 4.98. The largest absolute Gasteiger partial charge is 0.147 e. The maximum Gasteiger partial charge on any atom is -0.147 e. The molecule has 4 heteroatoms. The van der Waals surface area contributed by atoms with Crippen molar-refractivity contribution < 1.29 is 16.6 Å². The van der Waals surface area contributed by atoms with Crippen LogP contribution in [-0.2, 0) is 16.6 Å². The summed E-state index contributed by atoms with van der Waals surface area (Å²) in [5.41, 5.74) is 11.0. The van der Waals surface area contributed by atoms with Crippen LogP contribution in [-0.4, -0.2) is 6.19 Å². The molecule has 0 saturated carbocycles. The molecular formula is C24H30Cl2SiTi. The van der Waals surface area contributed by atoms with Crippen molar-refractivity contribution in [2.45, 2.75) is 45.0 Å². The molecule has 148 valence electrons. The zero-order chi connectivity index (χ0) is 18.6. The van der Waals surface area contributed by atoms with Crippen LogP contribution in [0.25, 0.3) is 11.1 Å². The van der Waals surface area contributed by atoms with E-state index in [2.05, 4.69) is 89.3 Å². The second-order valence-electron chi connectivity index (χ2n) is 8.09. The number of hydrogen-bond donors (Lipinski definition) is 0. The van der Waals surface area contributed by atoms with Gasteiger partial charge in [0.1, 0.15) is 0 Å². The molecule has 28 heavy (non-hydrogen) atoms. The first-order valence-corrected chi connectivity index (χ1v) is 16.2. The van der Waals surface area contributed by atoms with Crippen LogP contribution >= 0.6 is 24.8 Å². The summed E-state index contributed by atoms with van der Waals surface area (Å²) in [5, 5.41) is 0. The molecule has 2 aliphatic carbocycles. The Morgan fingerprint density at radius 1 is 0.750 bits per heavy atom. The Balaban J connectivity index is 0.00000140. The van der Waals surface area contributed by atoms with E-state index >= 15 is 0 Å². The zero-order valence-corrected chi connectivity index (χ0v) is 21.8. The summed E-state index contributed by atoms with van der Waals surface area (Å²) in [6, 6.07) is 18.4. The van der Waals surface area contributed by atoms with Crippen molar-refractivity contribution in [3.8, 4) is 11.1 Å². The van der Waals surface area contributed by atoms with Crippen molar-refractivity contribution in [3.05, 3.63) is 80.3 Å². The monoisotopic (exact) mass is 464 g/mol. The molecule has 0 radical (unpaired) electrons. The van der Waals surface area contributed by atoms with Crippen molar-refractivity contribution >= 4 is 31.0 Å². The van der Waals surface area contributed by atoms with E-state index in [9.17, 15) is 0 Å². The molecule has 0 nitrogen and oxygen atoms in total. The molecule has 0 heterocycles. The first kappa shape index (κ1) is 23.7. The molecule has 1 atom stereocenters. The van der Waals surface area contributed by atoms with E-state index in [1.54, 1.807) is 27.8 Å². The number of halogens is 2. The minimum atomic E-state index is -1.50. The summed E-state index contributed by atoms with van der Waals surface area (Å²) in [5.74, 6) is 0.657. The van der Waals surface area contributed by atoms with Crippen molar-refractivity contribution in [2.24, 2.45) is 5.92 Å². The molecule has 0 fully saturated rings. The summed E-state index contributed by atoms with van der Waals surface area (Å²) in [6.07, 6.45) is -0.351. The third kappa shape index (κ3) is 3.55. The minimum absolute atomic E-state index is 0.